The van der Waals surface area contributed by atoms with Crippen molar-refractivity contribution in [3.05, 3.63) is 29.3 Å². The van der Waals surface area contributed by atoms with Crippen LogP contribution < -0.4 is 5.73 Å². The minimum Gasteiger partial charge on any atom is -0.508 e. The molecule has 0 radical (unpaired) electrons. The Kier molecular flexibility index (Phi) is 3.41. The molecule has 78 valence electrons. The molecule has 2 nitrogen and oxygen atoms in total. The van der Waals surface area contributed by atoms with Crippen LogP contribution in [0.2, 0.25) is 0 Å². The van der Waals surface area contributed by atoms with Crippen molar-refractivity contribution in [3.63, 3.8) is 0 Å². The van der Waals surface area contributed by atoms with Gasteiger partial charge in [-0.15, -0.1) is 0 Å². The van der Waals surface area contributed by atoms with Crippen LogP contribution in [0.15, 0.2) is 18.2 Å². The lowest BCUT2D eigenvalue weighted by molar-refractivity contribution is 0.151. The number of hydrogen-bond acceptors (Lipinski definition) is 2. The number of nitrogens with two attached hydrogens (primary N) is 1. The zero-order valence-corrected chi connectivity index (χ0v) is 7.87. The van der Waals surface area contributed by atoms with E-state index in [2.05, 4.69) is 0 Å². The Morgan fingerprint density at radius 1 is 1.43 bits per heavy atom. The smallest absolute Gasteiger partial charge is 0.263 e. The Labute approximate surface area is 81.4 Å². The fourth-order valence-corrected chi connectivity index (χ4v) is 1.23. The lowest BCUT2D eigenvalue weighted by atomic mass is 9.98. The van der Waals surface area contributed by atoms with Crippen LogP contribution in [-0.2, 0) is 0 Å². The molecular weight excluding hydrogens is 188 g/mol. The predicted molar refractivity (Wildman–Crippen MR) is 50.5 cm³/mol. The summed E-state index contributed by atoms with van der Waals surface area (Å²) in [6.07, 6.45) is -2.51. The second-order valence-corrected chi connectivity index (χ2v) is 3.26. The van der Waals surface area contributed by atoms with Gasteiger partial charge in [0.2, 0.25) is 0 Å². The second-order valence-electron chi connectivity index (χ2n) is 3.26. The number of alkyl halides is 2. The molecule has 0 heterocycles. The van der Waals surface area contributed by atoms with Crippen LogP contribution in [0, 0.1) is 0 Å². The van der Waals surface area contributed by atoms with Crippen molar-refractivity contribution in [2.45, 2.75) is 19.3 Å². The Morgan fingerprint density at radius 2 is 2.07 bits per heavy atom. The van der Waals surface area contributed by atoms with E-state index in [4.69, 9.17) is 5.73 Å². The maximum absolute atomic E-state index is 12.3. The van der Waals surface area contributed by atoms with Gasteiger partial charge < -0.3 is 10.8 Å². The first-order valence-electron chi connectivity index (χ1n) is 4.37. The van der Waals surface area contributed by atoms with Gasteiger partial charge in [0, 0.05) is 5.56 Å². The van der Waals surface area contributed by atoms with E-state index in [1.807, 2.05) is 0 Å². The van der Waals surface area contributed by atoms with Crippen LogP contribution in [0.5, 0.6) is 5.75 Å². The van der Waals surface area contributed by atoms with Gasteiger partial charge >= 0.3 is 0 Å². The largest absolute Gasteiger partial charge is 0.508 e. The van der Waals surface area contributed by atoms with Crippen LogP contribution >= 0.6 is 0 Å². The monoisotopic (exact) mass is 201 g/mol. The third-order valence-corrected chi connectivity index (χ3v) is 2.19. The van der Waals surface area contributed by atoms with Gasteiger partial charge in [-0.05, 0) is 36.2 Å². The highest BCUT2D eigenvalue weighted by Gasteiger charge is 2.13. The minimum absolute atomic E-state index is 0.0207. The summed E-state index contributed by atoms with van der Waals surface area (Å²) < 4.78 is 24.7. The first-order valence-corrected chi connectivity index (χ1v) is 4.37. The van der Waals surface area contributed by atoms with Crippen molar-refractivity contribution in [3.8, 4) is 5.75 Å². The highest BCUT2D eigenvalue weighted by molar-refractivity contribution is 5.39. The van der Waals surface area contributed by atoms with Gasteiger partial charge in [0.05, 0.1) is 0 Å². The summed E-state index contributed by atoms with van der Waals surface area (Å²) in [5.74, 6) is -0.0962. The van der Waals surface area contributed by atoms with Crippen LogP contribution in [0.3, 0.4) is 0 Å². The molecule has 1 aromatic rings. The van der Waals surface area contributed by atoms with Gasteiger partial charge in [0.15, 0.2) is 0 Å². The molecule has 0 spiro atoms. The first-order chi connectivity index (χ1) is 6.56. The van der Waals surface area contributed by atoms with Crippen LogP contribution in [0.25, 0.3) is 0 Å². The van der Waals surface area contributed by atoms with Gasteiger partial charge in [0.25, 0.3) is 6.43 Å². The molecule has 1 aromatic carbocycles. The first kappa shape index (κ1) is 10.9. The topological polar surface area (TPSA) is 46.2 Å². The summed E-state index contributed by atoms with van der Waals surface area (Å²) >= 11 is 0. The van der Waals surface area contributed by atoms with E-state index in [0.29, 0.717) is 12.1 Å². The average molecular weight is 201 g/mol. The molecule has 0 aliphatic carbocycles. The summed E-state index contributed by atoms with van der Waals surface area (Å²) in [7, 11) is 0. The summed E-state index contributed by atoms with van der Waals surface area (Å²) in [6, 6.07) is 3.80. The Hall–Kier alpha value is -1.16. The minimum atomic E-state index is -2.51. The van der Waals surface area contributed by atoms with Crippen molar-refractivity contribution in [1.82, 2.24) is 0 Å². The number of phenols is 1. The van der Waals surface area contributed by atoms with E-state index in [9.17, 15) is 13.9 Å². The zero-order valence-electron chi connectivity index (χ0n) is 7.87. The van der Waals surface area contributed by atoms with E-state index in [1.165, 1.54) is 18.2 Å². The molecule has 0 amide bonds. The highest BCUT2D eigenvalue weighted by Crippen LogP contribution is 2.29. The van der Waals surface area contributed by atoms with Crippen LogP contribution in [0.1, 0.15) is 30.4 Å². The lowest BCUT2D eigenvalue weighted by Crippen LogP contribution is -2.09. The molecule has 3 N–H and O–H groups in total. The normalized spacial score (nSPS) is 13.2. The maximum Gasteiger partial charge on any atom is 0.263 e. The van der Waals surface area contributed by atoms with Crippen molar-refractivity contribution in [2.24, 2.45) is 5.73 Å². The molecule has 0 saturated carbocycles. The Bertz CT molecular complexity index is 315. The summed E-state index contributed by atoms with van der Waals surface area (Å²) in [6.45, 7) is 2.10. The highest BCUT2D eigenvalue weighted by atomic mass is 19.3. The molecule has 1 atom stereocenters. The van der Waals surface area contributed by atoms with Crippen LogP contribution in [-0.4, -0.2) is 11.7 Å². The fraction of sp³-hybridized carbons (Fsp3) is 0.400. The van der Waals surface area contributed by atoms with Crippen molar-refractivity contribution in [2.75, 3.05) is 6.54 Å². The standard InChI is InChI=1S/C10H13F2NO/c1-6(5-13)8-4-7(10(11)12)2-3-9(8)14/h2-4,6,10,14H,5,13H2,1H3. The number of aromatic hydroxyl groups is 1. The fourth-order valence-electron chi connectivity index (χ4n) is 1.23. The third kappa shape index (κ3) is 2.20. The van der Waals surface area contributed by atoms with E-state index < -0.39 is 6.43 Å². The second kappa shape index (κ2) is 4.37. The number of halogens is 2. The molecule has 14 heavy (non-hydrogen) atoms. The zero-order chi connectivity index (χ0) is 10.7. The Morgan fingerprint density at radius 3 is 2.57 bits per heavy atom. The quantitative estimate of drug-likeness (QED) is 0.788. The van der Waals surface area contributed by atoms with E-state index >= 15 is 0 Å². The van der Waals surface area contributed by atoms with Crippen molar-refractivity contribution < 1.29 is 13.9 Å². The number of hydrogen-bond donors (Lipinski definition) is 2. The lowest BCUT2D eigenvalue weighted by Gasteiger charge is -2.12. The maximum atomic E-state index is 12.3. The van der Waals surface area contributed by atoms with E-state index in [1.54, 1.807) is 6.92 Å². The molecule has 0 aliphatic rings. The number of rotatable bonds is 3. The summed E-state index contributed by atoms with van der Waals surface area (Å²) in [4.78, 5) is 0. The van der Waals surface area contributed by atoms with Gasteiger partial charge in [-0.3, -0.25) is 0 Å². The van der Waals surface area contributed by atoms with Crippen LogP contribution in [0.4, 0.5) is 8.78 Å². The molecule has 0 bridgehead atoms. The Balaban J connectivity index is 3.08. The number of phenolic OH excluding ortho intramolecular Hbond substituents is 1. The van der Waals surface area contributed by atoms with Crippen molar-refractivity contribution >= 4 is 0 Å². The molecule has 1 unspecified atom stereocenters. The SMILES string of the molecule is CC(CN)c1cc(C(F)F)ccc1O. The van der Waals surface area contributed by atoms with Gasteiger partial charge in [0.1, 0.15) is 5.75 Å². The molecule has 0 aliphatic heterocycles. The van der Waals surface area contributed by atoms with Gasteiger partial charge in [-0.25, -0.2) is 8.78 Å². The predicted octanol–water partition coefficient (Wildman–Crippen LogP) is 2.39. The van der Waals surface area contributed by atoms with Gasteiger partial charge in [-0.2, -0.15) is 0 Å². The van der Waals surface area contributed by atoms with E-state index in [0.717, 1.165) is 0 Å². The number of benzene rings is 1. The van der Waals surface area contributed by atoms with E-state index in [-0.39, 0.29) is 17.2 Å². The molecule has 0 fully saturated rings. The average Bonchev–Trinajstić information content (AvgIpc) is 2.17. The molecule has 0 aromatic heterocycles. The summed E-state index contributed by atoms with van der Waals surface area (Å²) in [5, 5.41) is 9.42. The summed E-state index contributed by atoms with van der Waals surface area (Å²) in [5.41, 5.74) is 5.79. The molecule has 0 saturated heterocycles. The molecule has 1 rings (SSSR count). The van der Waals surface area contributed by atoms with Crippen molar-refractivity contribution in [1.29, 1.82) is 0 Å². The molecular formula is C10H13F2NO. The third-order valence-electron chi connectivity index (χ3n) is 2.19. The molecule has 4 heteroatoms. The van der Waals surface area contributed by atoms with Gasteiger partial charge in [-0.1, -0.05) is 6.92 Å².